The van der Waals surface area contributed by atoms with E-state index < -0.39 is 0 Å². The predicted molar refractivity (Wildman–Crippen MR) is 89.0 cm³/mol. The van der Waals surface area contributed by atoms with Crippen LogP contribution in [0.15, 0.2) is 18.3 Å². The molecular weight excluding hydrogens is 312 g/mol. The molecule has 1 aromatic rings. The summed E-state index contributed by atoms with van der Waals surface area (Å²) in [6.07, 6.45) is 3.30. The van der Waals surface area contributed by atoms with E-state index in [0.29, 0.717) is 37.9 Å². The number of amides is 3. The molecule has 8 nitrogen and oxygen atoms in total. The Balaban J connectivity index is 1.83. The Morgan fingerprint density at radius 2 is 2.21 bits per heavy atom. The van der Waals surface area contributed by atoms with Gasteiger partial charge in [0.2, 0.25) is 11.8 Å². The molecule has 0 radical (unpaired) electrons. The first-order chi connectivity index (χ1) is 11.6. The van der Waals surface area contributed by atoms with Gasteiger partial charge in [-0.05, 0) is 18.9 Å². The number of ether oxygens (including phenoxy) is 2. The second kappa shape index (κ2) is 9.07. The van der Waals surface area contributed by atoms with Gasteiger partial charge in [-0.25, -0.2) is 9.78 Å². The molecular formula is C16H24N4O4. The Hall–Kier alpha value is -2.35. The predicted octanol–water partition coefficient (Wildman–Crippen LogP) is 1.24. The number of rotatable bonds is 6. The zero-order valence-electron chi connectivity index (χ0n) is 14.1. The largest absolute Gasteiger partial charge is 0.475 e. The third kappa shape index (κ3) is 5.69. The summed E-state index contributed by atoms with van der Waals surface area (Å²) in [6, 6.07) is 3.25. The number of urea groups is 1. The van der Waals surface area contributed by atoms with Crippen molar-refractivity contribution in [3.05, 3.63) is 18.3 Å². The van der Waals surface area contributed by atoms with Crippen molar-refractivity contribution in [1.29, 1.82) is 0 Å². The number of carbonyl (C=O) groups excluding carboxylic acids is 2. The maximum atomic E-state index is 12.3. The third-order valence-corrected chi connectivity index (χ3v) is 3.64. The van der Waals surface area contributed by atoms with Crippen LogP contribution in [0.5, 0.6) is 5.88 Å². The molecule has 1 saturated heterocycles. The van der Waals surface area contributed by atoms with Crippen LogP contribution in [0.4, 0.5) is 10.5 Å². The van der Waals surface area contributed by atoms with Gasteiger partial charge in [0.1, 0.15) is 6.61 Å². The van der Waals surface area contributed by atoms with E-state index >= 15 is 0 Å². The summed E-state index contributed by atoms with van der Waals surface area (Å²) in [4.78, 5) is 29.3. The van der Waals surface area contributed by atoms with Crippen LogP contribution in [0.25, 0.3) is 0 Å². The zero-order chi connectivity index (χ0) is 17.4. The molecule has 3 amide bonds. The lowest BCUT2D eigenvalue weighted by atomic mass is 10.1. The first kappa shape index (κ1) is 18.0. The standard InChI is InChI=1S/C16H24N4O4/c1-12(21)18-14-4-3-7-20(11-14)16(22)19-13-5-6-15(17-10-13)24-9-8-23-2/h5-6,10,14H,3-4,7-9,11H2,1-2H3,(H,18,21)(H,19,22)/t14-/m1/s1. The van der Waals surface area contributed by atoms with E-state index in [1.54, 1.807) is 30.3 Å². The number of piperidine rings is 1. The summed E-state index contributed by atoms with van der Waals surface area (Å²) in [7, 11) is 1.60. The minimum Gasteiger partial charge on any atom is -0.475 e. The lowest BCUT2D eigenvalue weighted by Gasteiger charge is -2.32. The molecule has 1 aliphatic heterocycles. The fourth-order valence-electron chi connectivity index (χ4n) is 2.54. The number of hydrogen-bond donors (Lipinski definition) is 2. The Labute approximate surface area is 141 Å². The first-order valence-corrected chi connectivity index (χ1v) is 7.99. The van der Waals surface area contributed by atoms with Crippen LogP contribution >= 0.6 is 0 Å². The van der Waals surface area contributed by atoms with Gasteiger partial charge >= 0.3 is 6.03 Å². The van der Waals surface area contributed by atoms with Crippen molar-refractivity contribution >= 4 is 17.6 Å². The molecule has 8 heteroatoms. The Kier molecular flexibility index (Phi) is 6.80. The van der Waals surface area contributed by atoms with Crippen molar-refractivity contribution in [3.63, 3.8) is 0 Å². The number of hydrogen-bond acceptors (Lipinski definition) is 5. The normalized spacial score (nSPS) is 17.2. The second-order valence-corrected chi connectivity index (χ2v) is 5.64. The molecule has 0 saturated carbocycles. The second-order valence-electron chi connectivity index (χ2n) is 5.64. The highest BCUT2D eigenvalue weighted by molar-refractivity contribution is 5.89. The number of aromatic nitrogens is 1. The number of pyridine rings is 1. The molecule has 24 heavy (non-hydrogen) atoms. The quantitative estimate of drug-likeness (QED) is 0.763. The molecule has 1 aromatic heterocycles. The minimum atomic E-state index is -0.195. The van der Waals surface area contributed by atoms with Gasteiger partial charge in [-0.3, -0.25) is 4.79 Å². The van der Waals surface area contributed by atoms with E-state index in [1.807, 2.05) is 0 Å². The zero-order valence-corrected chi connectivity index (χ0v) is 14.1. The number of carbonyl (C=O) groups is 2. The van der Waals surface area contributed by atoms with Crippen molar-refractivity contribution < 1.29 is 19.1 Å². The molecule has 0 bridgehead atoms. The Bertz CT molecular complexity index is 550. The maximum Gasteiger partial charge on any atom is 0.321 e. The molecule has 0 spiro atoms. The number of likely N-dealkylation sites (tertiary alicyclic amines) is 1. The highest BCUT2D eigenvalue weighted by Gasteiger charge is 2.24. The van der Waals surface area contributed by atoms with Crippen molar-refractivity contribution in [3.8, 4) is 5.88 Å². The molecule has 1 fully saturated rings. The average molecular weight is 336 g/mol. The van der Waals surface area contributed by atoms with Crippen LogP contribution in [0.2, 0.25) is 0 Å². The highest BCUT2D eigenvalue weighted by Crippen LogP contribution is 2.15. The van der Waals surface area contributed by atoms with E-state index in [1.165, 1.54) is 6.92 Å². The molecule has 2 heterocycles. The summed E-state index contributed by atoms with van der Waals surface area (Å²) in [6.45, 7) is 3.59. The molecule has 132 valence electrons. The van der Waals surface area contributed by atoms with E-state index in [2.05, 4.69) is 15.6 Å². The number of methoxy groups -OCH3 is 1. The number of anilines is 1. The monoisotopic (exact) mass is 336 g/mol. The van der Waals surface area contributed by atoms with Crippen molar-refractivity contribution in [2.45, 2.75) is 25.8 Å². The smallest absolute Gasteiger partial charge is 0.321 e. The molecule has 0 aliphatic carbocycles. The van der Waals surface area contributed by atoms with Crippen LogP contribution in [0.3, 0.4) is 0 Å². The highest BCUT2D eigenvalue weighted by atomic mass is 16.5. The van der Waals surface area contributed by atoms with Gasteiger partial charge < -0.3 is 25.0 Å². The SMILES string of the molecule is COCCOc1ccc(NC(=O)N2CCC[C@@H](NC(C)=O)C2)cn1. The average Bonchev–Trinajstić information content (AvgIpc) is 2.56. The molecule has 2 N–H and O–H groups in total. The van der Waals surface area contributed by atoms with Crippen molar-refractivity contribution in [2.24, 2.45) is 0 Å². The van der Waals surface area contributed by atoms with Crippen molar-refractivity contribution in [2.75, 3.05) is 38.7 Å². The first-order valence-electron chi connectivity index (χ1n) is 7.99. The van der Waals surface area contributed by atoms with Crippen LogP contribution in [0.1, 0.15) is 19.8 Å². The molecule has 1 atom stereocenters. The van der Waals surface area contributed by atoms with Gasteiger partial charge in [0.25, 0.3) is 0 Å². The number of nitrogens with one attached hydrogen (secondary N) is 2. The Morgan fingerprint density at radius 1 is 1.38 bits per heavy atom. The fourth-order valence-corrected chi connectivity index (χ4v) is 2.54. The van der Waals surface area contributed by atoms with Crippen LogP contribution in [-0.2, 0) is 9.53 Å². The summed E-state index contributed by atoms with van der Waals surface area (Å²) in [5.74, 6) is 0.407. The summed E-state index contributed by atoms with van der Waals surface area (Å²) < 4.78 is 10.3. The fraction of sp³-hybridized carbons (Fsp3) is 0.562. The van der Waals surface area contributed by atoms with Gasteiger partial charge in [-0.1, -0.05) is 0 Å². The van der Waals surface area contributed by atoms with Crippen LogP contribution in [0, 0.1) is 0 Å². The Morgan fingerprint density at radius 3 is 2.88 bits per heavy atom. The molecule has 2 rings (SSSR count). The van der Waals surface area contributed by atoms with Gasteiger partial charge in [0.15, 0.2) is 0 Å². The minimum absolute atomic E-state index is 0.0108. The van der Waals surface area contributed by atoms with Gasteiger partial charge in [0, 0.05) is 39.2 Å². The van der Waals surface area contributed by atoms with Gasteiger partial charge in [-0.15, -0.1) is 0 Å². The summed E-state index contributed by atoms with van der Waals surface area (Å²) in [5.41, 5.74) is 0.598. The van der Waals surface area contributed by atoms with E-state index in [9.17, 15) is 9.59 Å². The van der Waals surface area contributed by atoms with Gasteiger partial charge in [-0.2, -0.15) is 0 Å². The molecule has 1 aliphatic rings. The van der Waals surface area contributed by atoms with E-state index in [0.717, 1.165) is 12.8 Å². The summed E-state index contributed by atoms with van der Waals surface area (Å²) in [5, 5.41) is 5.67. The summed E-state index contributed by atoms with van der Waals surface area (Å²) >= 11 is 0. The lowest BCUT2D eigenvalue weighted by molar-refractivity contribution is -0.119. The maximum absolute atomic E-state index is 12.3. The van der Waals surface area contributed by atoms with Gasteiger partial charge in [0.05, 0.1) is 18.5 Å². The van der Waals surface area contributed by atoms with Crippen molar-refractivity contribution in [1.82, 2.24) is 15.2 Å². The molecule has 0 aromatic carbocycles. The van der Waals surface area contributed by atoms with Crippen LogP contribution in [-0.4, -0.2) is 61.3 Å². The topological polar surface area (TPSA) is 92.8 Å². The number of nitrogens with zero attached hydrogens (tertiary/aromatic N) is 2. The van der Waals surface area contributed by atoms with Crippen LogP contribution < -0.4 is 15.4 Å². The lowest BCUT2D eigenvalue weighted by Crippen LogP contribution is -2.50. The van der Waals surface area contributed by atoms with E-state index in [-0.39, 0.29) is 18.0 Å². The third-order valence-electron chi connectivity index (χ3n) is 3.64. The molecule has 0 unspecified atom stereocenters. The van der Waals surface area contributed by atoms with E-state index in [4.69, 9.17) is 9.47 Å².